The summed E-state index contributed by atoms with van der Waals surface area (Å²) in [6, 6.07) is 14.0. The smallest absolute Gasteiger partial charge is 0.274 e. The topological polar surface area (TPSA) is 79.0 Å². The molecule has 100 valence electrons. The summed E-state index contributed by atoms with van der Waals surface area (Å²) in [6.07, 6.45) is 0. The normalized spacial score (nSPS) is 9.80. The fraction of sp³-hybridized carbons (Fsp3) is 0.0714. The third-order valence-corrected chi connectivity index (χ3v) is 3.44. The van der Waals surface area contributed by atoms with Gasteiger partial charge in [-0.05, 0) is 28.1 Å². The zero-order valence-corrected chi connectivity index (χ0v) is 11.9. The molecule has 0 aliphatic heterocycles. The number of rotatable bonds is 4. The number of nitriles is 1. The highest BCUT2D eigenvalue weighted by molar-refractivity contribution is 9.10. The van der Waals surface area contributed by atoms with Crippen LogP contribution in [0.15, 0.2) is 46.9 Å². The lowest BCUT2D eigenvalue weighted by atomic mass is 10.1. The van der Waals surface area contributed by atoms with E-state index >= 15 is 0 Å². The van der Waals surface area contributed by atoms with Gasteiger partial charge in [0.15, 0.2) is 0 Å². The molecule has 0 spiro atoms. The lowest BCUT2D eigenvalue weighted by Crippen LogP contribution is -2.04. The molecule has 2 aromatic rings. The summed E-state index contributed by atoms with van der Waals surface area (Å²) < 4.78 is 0.688. The number of nitro benzene ring substituents is 1. The third kappa shape index (κ3) is 2.95. The molecule has 0 saturated heterocycles. The number of para-hydroxylation sites is 1. The average Bonchev–Trinajstić information content (AvgIpc) is 2.45. The summed E-state index contributed by atoms with van der Waals surface area (Å²) in [7, 11) is 0. The molecule has 0 aromatic heterocycles. The summed E-state index contributed by atoms with van der Waals surface area (Å²) in [6.45, 7) is 0.280. The molecule has 0 aliphatic carbocycles. The molecule has 0 aliphatic rings. The maximum Gasteiger partial charge on any atom is 0.274 e. The Bertz CT molecular complexity index is 695. The van der Waals surface area contributed by atoms with Gasteiger partial charge < -0.3 is 5.32 Å². The number of benzene rings is 2. The lowest BCUT2D eigenvalue weighted by Gasteiger charge is -2.09. The second-order valence-electron chi connectivity index (χ2n) is 4.01. The predicted octanol–water partition coefficient (Wildman–Crippen LogP) is 3.84. The largest absolute Gasteiger partial charge is 0.380 e. The van der Waals surface area contributed by atoms with Crippen LogP contribution in [0.3, 0.4) is 0 Å². The van der Waals surface area contributed by atoms with E-state index in [4.69, 9.17) is 5.26 Å². The van der Waals surface area contributed by atoms with Crippen LogP contribution >= 0.6 is 15.9 Å². The van der Waals surface area contributed by atoms with E-state index in [2.05, 4.69) is 27.3 Å². The van der Waals surface area contributed by atoms with Crippen LogP contribution in [0.25, 0.3) is 0 Å². The van der Waals surface area contributed by atoms with Crippen molar-refractivity contribution in [2.24, 2.45) is 0 Å². The Hall–Kier alpha value is -2.39. The van der Waals surface area contributed by atoms with Crippen LogP contribution in [0.1, 0.15) is 11.1 Å². The van der Waals surface area contributed by atoms with Crippen molar-refractivity contribution in [2.75, 3.05) is 5.32 Å². The Balaban J connectivity index is 2.24. The summed E-state index contributed by atoms with van der Waals surface area (Å²) in [4.78, 5) is 10.5. The molecule has 0 atom stereocenters. The highest BCUT2D eigenvalue weighted by atomic mass is 79.9. The van der Waals surface area contributed by atoms with Gasteiger partial charge in [0.2, 0.25) is 0 Å². The first kappa shape index (κ1) is 14.0. The van der Waals surface area contributed by atoms with Gasteiger partial charge in [0.1, 0.15) is 6.07 Å². The maximum atomic E-state index is 10.9. The summed E-state index contributed by atoms with van der Waals surface area (Å²) in [5.41, 5.74) is 1.75. The van der Waals surface area contributed by atoms with Gasteiger partial charge in [-0.2, -0.15) is 5.26 Å². The zero-order chi connectivity index (χ0) is 14.5. The Morgan fingerprint density at radius 3 is 2.70 bits per heavy atom. The van der Waals surface area contributed by atoms with Gasteiger partial charge in [0.25, 0.3) is 5.69 Å². The van der Waals surface area contributed by atoms with Crippen molar-refractivity contribution in [3.8, 4) is 6.07 Å². The molecule has 0 saturated carbocycles. The number of hydrogen-bond donors (Lipinski definition) is 1. The Morgan fingerprint density at radius 2 is 2.00 bits per heavy atom. The van der Waals surface area contributed by atoms with Gasteiger partial charge in [-0.25, -0.2) is 0 Å². The van der Waals surface area contributed by atoms with Crippen molar-refractivity contribution < 1.29 is 4.92 Å². The van der Waals surface area contributed by atoms with E-state index in [0.717, 1.165) is 0 Å². The average molecular weight is 332 g/mol. The molecule has 2 rings (SSSR count). The monoisotopic (exact) mass is 331 g/mol. The van der Waals surface area contributed by atoms with Gasteiger partial charge in [-0.3, -0.25) is 10.1 Å². The van der Waals surface area contributed by atoms with Crippen LogP contribution in [-0.4, -0.2) is 4.92 Å². The Kier molecular flexibility index (Phi) is 4.33. The molecule has 6 heteroatoms. The molecule has 20 heavy (non-hydrogen) atoms. The van der Waals surface area contributed by atoms with Crippen LogP contribution in [-0.2, 0) is 6.54 Å². The van der Waals surface area contributed by atoms with Crippen molar-refractivity contribution in [3.63, 3.8) is 0 Å². The zero-order valence-electron chi connectivity index (χ0n) is 10.3. The minimum absolute atomic E-state index is 0.0634. The van der Waals surface area contributed by atoms with Gasteiger partial charge in [-0.15, -0.1) is 0 Å². The van der Waals surface area contributed by atoms with E-state index in [1.165, 1.54) is 6.07 Å². The highest BCUT2D eigenvalue weighted by Gasteiger charge is 2.13. The van der Waals surface area contributed by atoms with Crippen molar-refractivity contribution in [3.05, 3.63) is 68.2 Å². The SMILES string of the molecule is N#Cc1c(Br)cccc1NCc1ccccc1[N+](=O)[O-]. The van der Waals surface area contributed by atoms with E-state index in [1.807, 2.05) is 0 Å². The predicted molar refractivity (Wildman–Crippen MR) is 79.3 cm³/mol. The third-order valence-electron chi connectivity index (χ3n) is 2.78. The molecule has 0 bridgehead atoms. The van der Waals surface area contributed by atoms with Gasteiger partial charge in [0.05, 0.1) is 16.2 Å². The molecule has 0 unspecified atom stereocenters. The van der Waals surface area contributed by atoms with Gasteiger partial charge in [0, 0.05) is 22.6 Å². The van der Waals surface area contributed by atoms with E-state index in [-0.39, 0.29) is 12.2 Å². The van der Waals surface area contributed by atoms with E-state index < -0.39 is 4.92 Å². The standard InChI is InChI=1S/C14H10BrN3O2/c15-12-5-3-6-13(11(12)8-16)17-9-10-4-1-2-7-14(10)18(19)20/h1-7,17H,9H2. The van der Waals surface area contributed by atoms with Crippen molar-refractivity contribution in [1.29, 1.82) is 5.26 Å². The number of nitrogens with zero attached hydrogens (tertiary/aromatic N) is 2. The second kappa shape index (κ2) is 6.17. The van der Waals surface area contributed by atoms with Crippen LogP contribution in [0.2, 0.25) is 0 Å². The molecule has 0 fully saturated rings. The van der Waals surface area contributed by atoms with Crippen molar-refractivity contribution in [1.82, 2.24) is 0 Å². The van der Waals surface area contributed by atoms with Crippen molar-refractivity contribution >= 4 is 27.3 Å². The van der Waals surface area contributed by atoms with Crippen LogP contribution in [0, 0.1) is 21.4 Å². The van der Waals surface area contributed by atoms with Crippen LogP contribution < -0.4 is 5.32 Å². The van der Waals surface area contributed by atoms with Gasteiger partial charge in [-0.1, -0.05) is 24.3 Å². The Morgan fingerprint density at radius 1 is 1.25 bits per heavy atom. The molecule has 0 radical (unpaired) electrons. The van der Waals surface area contributed by atoms with Gasteiger partial charge >= 0.3 is 0 Å². The molecule has 0 heterocycles. The highest BCUT2D eigenvalue weighted by Crippen LogP contribution is 2.25. The molecular formula is C14H10BrN3O2. The van der Waals surface area contributed by atoms with Crippen molar-refractivity contribution in [2.45, 2.75) is 6.54 Å². The minimum atomic E-state index is -0.414. The van der Waals surface area contributed by atoms with Crippen LogP contribution in [0.5, 0.6) is 0 Å². The maximum absolute atomic E-state index is 10.9. The fourth-order valence-corrected chi connectivity index (χ4v) is 2.27. The molecule has 2 aromatic carbocycles. The lowest BCUT2D eigenvalue weighted by molar-refractivity contribution is -0.385. The quantitative estimate of drug-likeness (QED) is 0.681. The molecular weight excluding hydrogens is 322 g/mol. The number of halogens is 1. The summed E-state index contributed by atoms with van der Waals surface area (Å²) in [5.74, 6) is 0. The minimum Gasteiger partial charge on any atom is -0.380 e. The van der Waals surface area contributed by atoms with E-state index in [1.54, 1.807) is 36.4 Å². The molecule has 1 N–H and O–H groups in total. The second-order valence-corrected chi connectivity index (χ2v) is 4.87. The van der Waals surface area contributed by atoms with E-state index in [0.29, 0.717) is 21.3 Å². The molecule has 5 nitrogen and oxygen atoms in total. The molecule has 0 amide bonds. The first-order valence-corrected chi connectivity index (χ1v) is 6.57. The number of nitro groups is 1. The first-order chi connectivity index (χ1) is 9.63. The van der Waals surface area contributed by atoms with Crippen LogP contribution in [0.4, 0.5) is 11.4 Å². The number of hydrogen-bond acceptors (Lipinski definition) is 4. The van der Waals surface area contributed by atoms with E-state index in [9.17, 15) is 10.1 Å². The summed E-state index contributed by atoms with van der Waals surface area (Å²) in [5, 5.41) is 23.1. The first-order valence-electron chi connectivity index (χ1n) is 5.78. The Labute approximate surface area is 124 Å². The number of nitrogens with one attached hydrogen (secondary N) is 1. The number of anilines is 1. The summed E-state index contributed by atoms with van der Waals surface area (Å²) >= 11 is 3.30. The fourth-order valence-electron chi connectivity index (χ4n) is 1.81.